The fourth-order valence-corrected chi connectivity index (χ4v) is 7.96. The van der Waals surface area contributed by atoms with Crippen molar-refractivity contribution in [2.75, 3.05) is 18.1 Å². The molecule has 0 radical (unpaired) electrons. The summed E-state index contributed by atoms with van der Waals surface area (Å²) >= 11 is 6.04. The summed E-state index contributed by atoms with van der Waals surface area (Å²) < 4.78 is 19.7. The predicted molar refractivity (Wildman–Crippen MR) is 152 cm³/mol. The van der Waals surface area contributed by atoms with Gasteiger partial charge in [0, 0.05) is 18.0 Å². The number of likely N-dealkylation sites (tertiary alicyclic amines) is 1. The molecular weight excluding hydrogens is 563 g/mol. The number of imide groups is 2. The summed E-state index contributed by atoms with van der Waals surface area (Å²) in [5.74, 6) is -5.38. The molecule has 6 atom stereocenters. The summed E-state index contributed by atoms with van der Waals surface area (Å²) in [4.78, 5) is 58.0. The molecule has 2 aliphatic heterocycles. The van der Waals surface area contributed by atoms with E-state index in [4.69, 9.17) is 16.3 Å². The number of hydrogen-bond donors (Lipinski definition) is 1. The van der Waals surface area contributed by atoms with Crippen LogP contribution in [0.1, 0.15) is 51.5 Å². The molecule has 0 bridgehead atoms. The van der Waals surface area contributed by atoms with Gasteiger partial charge < -0.3 is 9.84 Å². The first-order valence-corrected chi connectivity index (χ1v) is 14.8. The van der Waals surface area contributed by atoms with Crippen LogP contribution in [0.3, 0.4) is 0 Å². The maximum absolute atomic E-state index is 14.4. The van der Waals surface area contributed by atoms with Crippen molar-refractivity contribution < 1.29 is 33.4 Å². The molecule has 2 aliphatic carbocycles. The number of amides is 4. The van der Waals surface area contributed by atoms with E-state index in [1.54, 1.807) is 32.0 Å². The van der Waals surface area contributed by atoms with Gasteiger partial charge in [0.05, 0.1) is 40.5 Å². The number of anilines is 1. The molecule has 2 aromatic carbocycles. The Labute approximate surface area is 248 Å². The predicted octanol–water partition coefficient (Wildman–Crippen LogP) is 5.22. The van der Waals surface area contributed by atoms with Crippen LogP contribution in [-0.2, 0) is 19.2 Å². The number of para-hydroxylation sites is 1. The second-order valence-electron chi connectivity index (χ2n) is 11.7. The summed E-state index contributed by atoms with van der Waals surface area (Å²) in [5.41, 5.74) is -0.0394. The number of aromatic hydroxyl groups is 1. The van der Waals surface area contributed by atoms with Crippen molar-refractivity contribution in [2.45, 2.75) is 46.0 Å². The van der Waals surface area contributed by atoms with Crippen LogP contribution in [0.4, 0.5) is 10.1 Å². The zero-order valence-corrected chi connectivity index (χ0v) is 24.4. The Morgan fingerprint density at radius 3 is 2.52 bits per heavy atom. The zero-order valence-electron chi connectivity index (χ0n) is 23.6. The van der Waals surface area contributed by atoms with Crippen molar-refractivity contribution in [3.8, 4) is 11.5 Å². The Morgan fingerprint density at radius 1 is 1.07 bits per heavy atom. The lowest BCUT2D eigenvalue weighted by Gasteiger charge is -2.49. The van der Waals surface area contributed by atoms with Crippen LogP contribution in [0.15, 0.2) is 48.0 Å². The van der Waals surface area contributed by atoms with Crippen LogP contribution in [0.25, 0.3) is 0 Å². The van der Waals surface area contributed by atoms with Crippen LogP contribution in [0, 0.1) is 34.9 Å². The number of nitrogens with zero attached hydrogens (tertiary/aromatic N) is 2. The minimum Gasteiger partial charge on any atom is -0.504 e. The molecule has 6 unspecified atom stereocenters. The standard InChI is InChI=1S/C32H32ClFN2O6/c1-4-13-35-28(38)18-11-10-17-20(25(18)30(35)40)15-21-29(39)36(16-9-12-23(34)22(33)14-16)31(41)32(21,3)26(17)19-7-6-8-24(27(19)37)42-5-2/h6-10,12,14,18,20-21,25-26,37H,4-5,11,13,15H2,1-3H3. The van der Waals surface area contributed by atoms with Crippen molar-refractivity contribution in [1.82, 2.24) is 4.90 Å². The molecule has 6 rings (SSSR count). The van der Waals surface area contributed by atoms with Crippen molar-refractivity contribution in [1.29, 1.82) is 0 Å². The molecule has 4 aliphatic rings. The molecule has 4 amide bonds. The van der Waals surface area contributed by atoms with E-state index in [0.717, 1.165) is 16.5 Å². The van der Waals surface area contributed by atoms with Gasteiger partial charge in [-0.05, 0) is 63.3 Å². The fraction of sp³-hybridized carbons (Fsp3) is 0.438. The van der Waals surface area contributed by atoms with Crippen LogP contribution in [-0.4, -0.2) is 46.8 Å². The summed E-state index contributed by atoms with van der Waals surface area (Å²) in [6.45, 7) is 6.04. The highest BCUT2D eigenvalue weighted by atomic mass is 35.5. The van der Waals surface area contributed by atoms with Crippen LogP contribution < -0.4 is 9.64 Å². The van der Waals surface area contributed by atoms with Crippen LogP contribution >= 0.6 is 11.6 Å². The maximum atomic E-state index is 14.4. The number of halogens is 2. The minimum absolute atomic E-state index is 0.141. The minimum atomic E-state index is -1.36. The summed E-state index contributed by atoms with van der Waals surface area (Å²) in [6.07, 6.45) is 3.07. The van der Waals surface area contributed by atoms with E-state index >= 15 is 0 Å². The highest BCUT2D eigenvalue weighted by Crippen LogP contribution is 2.64. The van der Waals surface area contributed by atoms with Gasteiger partial charge in [-0.1, -0.05) is 42.3 Å². The second kappa shape index (κ2) is 10.2. The number of fused-ring (bicyclic) bond motifs is 4. The lowest BCUT2D eigenvalue weighted by molar-refractivity contribution is -0.140. The first-order valence-electron chi connectivity index (χ1n) is 14.4. The average Bonchev–Trinajstić information content (AvgIpc) is 3.32. The topological polar surface area (TPSA) is 104 Å². The molecule has 42 heavy (non-hydrogen) atoms. The number of phenolic OH excluding ortho intramolecular Hbond substituents is 1. The number of phenols is 1. The molecule has 8 nitrogen and oxygen atoms in total. The third kappa shape index (κ3) is 3.85. The van der Waals surface area contributed by atoms with E-state index in [0.29, 0.717) is 31.6 Å². The first-order chi connectivity index (χ1) is 20.1. The lowest BCUT2D eigenvalue weighted by atomic mass is 9.51. The Balaban J connectivity index is 1.53. The Hall–Kier alpha value is -3.72. The number of hydrogen-bond acceptors (Lipinski definition) is 6. The Kier molecular flexibility index (Phi) is 6.91. The lowest BCUT2D eigenvalue weighted by Crippen LogP contribution is -2.48. The number of carbonyl (C=O) groups is 4. The fourth-order valence-electron chi connectivity index (χ4n) is 7.78. The van der Waals surface area contributed by atoms with Gasteiger partial charge in [-0.15, -0.1) is 0 Å². The number of rotatable bonds is 6. The number of ether oxygens (including phenoxy) is 1. The van der Waals surface area contributed by atoms with E-state index < -0.39 is 52.6 Å². The molecule has 3 fully saturated rings. The monoisotopic (exact) mass is 594 g/mol. The summed E-state index contributed by atoms with van der Waals surface area (Å²) in [6, 6.07) is 8.75. The van der Waals surface area contributed by atoms with Gasteiger partial charge in [0.25, 0.3) is 0 Å². The molecular formula is C32H32ClFN2O6. The molecule has 2 aromatic rings. The Bertz CT molecular complexity index is 1560. The number of carbonyl (C=O) groups excluding carboxylic acids is 4. The quantitative estimate of drug-likeness (QED) is 0.363. The molecule has 0 aromatic heterocycles. The van der Waals surface area contributed by atoms with Crippen molar-refractivity contribution in [3.05, 3.63) is 64.5 Å². The zero-order chi connectivity index (χ0) is 30.1. The van der Waals surface area contributed by atoms with Gasteiger partial charge in [0.2, 0.25) is 23.6 Å². The highest BCUT2D eigenvalue weighted by molar-refractivity contribution is 6.31. The second-order valence-corrected chi connectivity index (χ2v) is 12.1. The van der Waals surface area contributed by atoms with Crippen molar-refractivity contribution in [2.24, 2.45) is 29.1 Å². The molecule has 1 saturated carbocycles. The third-order valence-electron chi connectivity index (χ3n) is 9.62. The van der Waals surface area contributed by atoms with E-state index in [2.05, 4.69) is 0 Å². The third-order valence-corrected chi connectivity index (χ3v) is 9.91. The molecule has 2 saturated heterocycles. The smallest absolute Gasteiger partial charge is 0.241 e. The molecule has 220 valence electrons. The van der Waals surface area contributed by atoms with Crippen molar-refractivity contribution in [3.63, 3.8) is 0 Å². The van der Waals surface area contributed by atoms with Gasteiger partial charge in [-0.25, -0.2) is 9.29 Å². The Morgan fingerprint density at radius 2 is 1.83 bits per heavy atom. The van der Waals surface area contributed by atoms with E-state index in [-0.39, 0.29) is 40.4 Å². The summed E-state index contributed by atoms with van der Waals surface area (Å²) in [5, 5.41) is 11.2. The van der Waals surface area contributed by atoms with E-state index in [1.807, 2.05) is 13.0 Å². The van der Waals surface area contributed by atoms with E-state index in [9.17, 15) is 28.7 Å². The average molecular weight is 595 g/mol. The van der Waals surface area contributed by atoms with Gasteiger partial charge in [-0.3, -0.25) is 24.1 Å². The first kappa shape index (κ1) is 28.4. The molecule has 1 N–H and O–H groups in total. The maximum Gasteiger partial charge on any atom is 0.241 e. The largest absolute Gasteiger partial charge is 0.504 e. The normalized spacial score (nSPS) is 30.3. The number of allylic oxidation sites excluding steroid dienone is 2. The molecule has 10 heteroatoms. The SMILES string of the molecule is CCCN1C(=O)C2CC=C3C(CC4C(=O)N(c5ccc(F)c(Cl)c5)C(=O)C4(C)C3c3cccc(OCC)c3O)C2C1=O. The van der Waals surface area contributed by atoms with E-state index in [1.165, 1.54) is 17.0 Å². The van der Waals surface area contributed by atoms with Crippen molar-refractivity contribution >= 4 is 40.9 Å². The van der Waals surface area contributed by atoms with Gasteiger partial charge >= 0.3 is 0 Å². The van der Waals surface area contributed by atoms with Gasteiger partial charge in [-0.2, -0.15) is 0 Å². The number of benzene rings is 2. The summed E-state index contributed by atoms with van der Waals surface area (Å²) in [7, 11) is 0. The van der Waals surface area contributed by atoms with Gasteiger partial charge in [0.15, 0.2) is 11.5 Å². The van der Waals surface area contributed by atoms with Crippen LogP contribution in [0.2, 0.25) is 5.02 Å². The highest BCUT2D eigenvalue weighted by Gasteiger charge is 2.68. The van der Waals surface area contributed by atoms with Crippen LogP contribution in [0.5, 0.6) is 11.5 Å². The van der Waals surface area contributed by atoms with Gasteiger partial charge in [0.1, 0.15) is 5.82 Å². The molecule has 2 heterocycles. The molecule has 0 spiro atoms.